The second kappa shape index (κ2) is 8.02. The van der Waals surface area contributed by atoms with Gasteiger partial charge in [-0.25, -0.2) is 0 Å². The molecule has 2 aromatic rings. The van der Waals surface area contributed by atoms with Crippen LogP contribution in [0.5, 0.6) is 5.75 Å². The maximum atomic E-state index is 12.9. The van der Waals surface area contributed by atoms with Crippen LogP contribution in [0.25, 0.3) is 0 Å². The van der Waals surface area contributed by atoms with Gasteiger partial charge in [-0.2, -0.15) is 0 Å². The fourth-order valence-corrected chi connectivity index (χ4v) is 3.76. The highest BCUT2D eigenvalue weighted by Crippen LogP contribution is 2.33. The molecule has 1 fully saturated rings. The van der Waals surface area contributed by atoms with E-state index < -0.39 is 11.0 Å². The van der Waals surface area contributed by atoms with E-state index in [1.54, 1.807) is 36.1 Å². The van der Waals surface area contributed by atoms with E-state index in [1.165, 1.54) is 17.0 Å². The summed E-state index contributed by atoms with van der Waals surface area (Å²) in [4.78, 5) is 41.2. The van der Waals surface area contributed by atoms with Crippen LogP contribution in [0, 0.1) is 10.1 Å². The number of ether oxygens (including phenoxy) is 1. The highest BCUT2D eigenvalue weighted by molar-refractivity contribution is 6.03. The number of carbonyl (C=O) groups is 2. The highest BCUT2D eigenvalue weighted by Gasteiger charge is 2.34. The molecule has 0 spiro atoms. The van der Waals surface area contributed by atoms with Gasteiger partial charge in [-0.15, -0.1) is 0 Å². The SMILES string of the molecule is CC1Oc2ccccc2N(CC(=O)N2CCN(c3ccc([N+](=O)[O-])cc3)CC2)C1=O. The molecule has 2 aliphatic rings. The van der Waals surface area contributed by atoms with Crippen LogP contribution < -0.4 is 14.5 Å². The summed E-state index contributed by atoms with van der Waals surface area (Å²) in [7, 11) is 0. The summed E-state index contributed by atoms with van der Waals surface area (Å²) in [6.45, 7) is 3.93. The Hall–Kier alpha value is -3.62. The number of anilines is 2. The molecule has 30 heavy (non-hydrogen) atoms. The van der Waals surface area contributed by atoms with E-state index in [1.807, 2.05) is 12.1 Å². The third kappa shape index (κ3) is 3.78. The number of nitrogens with zero attached hydrogens (tertiary/aromatic N) is 4. The number of hydrogen-bond donors (Lipinski definition) is 0. The molecule has 2 aliphatic heterocycles. The predicted molar refractivity (Wildman–Crippen MR) is 111 cm³/mol. The number of rotatable bonds is 4. The van der Waals surface area contributed by atoms with Crippen molar-refractivity contribution >= 4 is 28.9 Å². The van der Waals surface area contributed by atoms with Gasteiger partial charge in [-0.05, 0) is 31.2 Å². The zero-order chi connectivity index (χ0) is 21.3. The van der Waals surface area contributed by atoms with Gasteiger partial charge in [0.2, 0.25) is 5.91 Å². The third-order valence-corrected chi connectivity index (χ3v) is 5.43. The number of fused-ring (bicyclic) bond motifs is 1. The van der Waals surface area contributed by atoms with E-state index in [0.717, 1.165) is 5.69 Å². The van der Waals surface area contributed by atoms with Gasteiger partial charge in [0.25, 0.3) is 11.6 Å². The van der Waals surface area contributed by atoms with E-state index in [2.05, 4.69) is 4.90 Å². The lowest BCUT2D eigenvalue weighted by Gasteiger charge is -2.38. The van der Waals surface area contributed by atoms with E-state index in [0.29, 0.717) is 37.6 Å². The molecule has 2 aromatic carbocycles. The van der Waals surface area contributed by atoms with Crippen molar-refractivity contribution in [2.24, 2.45) is 0 Å². The molecule has 9 nitrogen and oxygen atoms in total. The van der Waals surface area contributed by atoms with E-state index in [9.17, 15) is 19.7 Å². The molecule has 0 radical (unpaired) electrons. The summed E-state index contributed by atoms with van der Waals surface area (Å²) in [5.74, 6) is 0.252. The van der Waals surface area contributed by atoms with Crippen LogP contribution in [0.2, 0.25) is 0 Å². The Morgan fingerprint density at radius 1 is 1.10 bits per heavy atom. The molecule has 1 atom stereocenters. The number of nitro groups is 1. The zero-order valence-corrected chi connectivity index (χ0v) is 16.6. The molecule has 0 bridgehead atoms. The van der Waals surface area contributed by atoms with Crippen molar-refractivity contribution in [2.75, 3.05) is 42.5 Å². The number of piperazine rings is 1. The maximum Gasteiger partial charge on any atom is 0.269 e. The molecule has 2 amide bonds. The Labute approximate surface area is 173 Å². The molecule has 0 aliphatic carbocycles. The minimum absolute atomic E-state index is 0.0267. The van der Waals surface area contributed by atoms with Crippen LogP contribution in [-0.4, -0.2) is 60.5 Å². The van der Waals surface area contributed by atoms with Gasteiger partial charge in [0.05, 0.1) is 10.6 Å². The molecule has 1 unspecified atom stereocenters. The standard InChI is InChI=1S/C21H22N4O5/c1-15-21(27)24(18-4-2-3-5-19(18)30-15)14-20(26)23-12-10-22(11-13-23)16-6-8-17(9-7-16)25(28)29/h2-9,15H,10-14H2,1H3. The van der Waals surface area contributed by atoms with Crippen molar-refractivity contribution in [1.29, 1.82) is 0 Å². The van der Waals surface area contributed by atoms with Crippen LogP contribution in [0.15, 0.2) is 48.5 Å². The second-order valence-corrected chi connectivity index (χ2v) is 7.29. The lowest BCUT2D eigenvalue weighted by atomic mass is 10.1. The lowest BCUT2D eigenvalue weighted by molar-refractivity contribution is -0.384. The predicted octanol–water partition coefficient (Wildman–Crippen LogP) is 2.06. The van der Waals surface area contributed by atoms with Crippen molar-refractivity contribution in [1.82, 2.24) is 4.90 Å². The largest absolute Gasteiger partial charge is 0.479 e. The Bertz CT molecular complexity index is 970. The summed E-state index contributed by atoms with van der Waals surface area (Å²) in [5.41, 5.74) is 1.55. The molecule has 0 N–H and O–H groups in total. The number of hydrogen-bond acceptors (Lipinski definition) is 6. The van der Waals surface area contributed by atoms with Crippen molar-refractivity contribution in [2.45, 2.75) is 13.0 Å². The first-order valence-corrected chi connectivity index (χ1v) is 9.78. The number of nitro benzene ring substituents is 1. The average molecular weight is 410 g/mol. The molecule has 4 rings (SSSR count). The van der Waals surface area contributed by atoms with Gasteiger partial charge in [0, 0.05) is 44.0 Å². The van der Waals surface area contributed by atoms with Crippen molar-refractivity contribution in [3.05, 3.63) is 58.6 Å². The molecule has 0 aromatic heterocycles. The lowest BCUT2D eigenvalue weighted by Crippen LogP contribution is -2.54. The van der Waals surface area contributed by atoms with Crippen LogP contribution in [-0.2, 0) is 9.59 Å². The van der Waals surface area contributed by atoms with Crippen LogP contribution >= 0.6 is 0 Å². The molecular weight excluding hydrogens is 388 g/mol. The maximum absolute atomic E-state index is 12.9. The van der Waals surface area contributed by atoms with E-state index in [4.69, 9.17) is 4.74 Å². The van der Waals surface area contributed by atoms with Gasteiger partial charge in [0.1, 0.15) is 12.3 Å². The number of carbonyl (C=O) groups excluding carboxylic acids is 2. The van der Waals surface area contributed by atoms with E-state index in [-0.39, 0.29) is 24.0 Å². The number of benzene rings is 2. The second-order valence-electron chi connectivity index (χ2n) is 7.29. The Balaban J connectivity index is 1.39. The number of para-hydroxylation sites is 2. The van der Waals surface area contributed by atoms with E-state index >= 15 is 0 Å². The first kappa shape index (κ1) is 19.7. The summed E-state index contributed by atoms with van der Waals surface area (Å²) in [6.07, 6.45) is -0.633. The summed E-state index contributed by atoms with van der Waals surface area (Å²) in [5, 5.41) is 10.8. The monoisotopic (exact) mass is 410 g/mol. The molecule has 0 saturated carbocycles. The number of non-ortho nitro benzene ring substituents is 1. The third-order valence-electron chi connectivity index (χ3n) is 5.43. The van der Waals surface area contributed by atoms with Crippen LogP contribution in [0.3, 0.4) is 0 Å². The molecular formula is C21H22N4O5. The van der Waals surface area contributed by atoms with Gasteiger partial charge >= 0.3 is 0 Å². The minimum atomic E-state index is -0.633. The Morgan fingerprint density at radius 3 is 2.43 bits per heavy atom. The van der Waals surface area contributed by atoms with Gasteiger partial charge in [-0.3, -0.25) is 24.6 Å². The molecule has 2 heterocycles. The molecule has 1 saturated heterocycles. The van der Waals surface area contributed by atoms with Gasteiger partial charge in [-0.1, -0.05) is 12.1 Å². The number of amides is 2. The Kier molecular flexibility index (Phi) is 5.26. The highest BCUT2D eigenvalue weighted by atomic mass is 16.6. The van der Waals surface area contributed by atoms with Gasteiger partial charge in [0.15, 0.2) is 6.10 Å². The van der Waals surface area contributed by atoms with Crippen molar-refractivity contribution in [3.8, 4) is 5.75 Å². The zero-order valence-electron chi connectivity index (χ0n) is 16.6. The molecule has 9 heteroatoms. The van der Waals surface area contributed by atoms with Gasteiger partial charge < -0.3 is 14.5 Å². The minimum Gasteiger partial charge on any atom is -0.479 e. The smallest absolute Gasteiger partial charge is 0.269 e. The first-order chi connectivity index (χ1) is 14.4. The fourth-order valence-electron chi connectivity index (χ4n) is 3.76. The summed E-state index contributed by atoms with van der Waals surface area (Å²) >= 11 is 0. The summed E-state index contributed by atoms with van der Waals surface area (Å²) < 4.78 is 5.62. The Morgan fingerprint density at radius 2 is 1.77 bits per heavy atom. The van der Waals surface area contributed by atoms with Crippen molar-refractivity contribution < 1.29 is 19.2 Å². The quantitative estimate of drug-likeness (QED) is 0.566. The summed E-state index contributed by atoms with van der Waals surface area (Å²) in [6, 6.07) is 13.6. The molecule has 156 valence electrons. The van der Waals surface area contributed by atoms with Crippen molar-refractivity contribution in [3.63, 3.8) is 0 Å². The topological polar surface area (TPSA) is 96.2 Å². The fraction of sp³-hybridized carbons (Fsp3) is 0.333. The normalized spacial score (nSPS) is 18.6. The first-order valence-electron chi connectivity index (χ1n) is 9.78. The average Bonchev–Trinajstić information content (AvgIpc) is 2.77. The van der Waals surface area contributed by atoms with Crippen LogP contribution in [0.1, 0.15) is 6.92 Å². The van der Waals surface area contributed by atoms with Crippen LogP contribution in [0.4, 0.5) is 17.1 Å².